The van der Waals surface area contributed by atoms with Crippen LogP contribution in [-0.4, -0.2) is 18.7 Å². The summed E-state index contributed by atoms with van der Waals surface area (Å²) in [6.45, 7) is 2.46. The highest BCUT2D eigenvalue weighted by Gasteiger charge is 2.27. The Bertz CT molecular complexity index is 482. The predicted octanol–water partition coefficient (Wildman–Crippen LogP) is 3.60. The zero-order valence-electron chi connectivity index (χ0n) is 12.1. The number of esters is 1. The monoisotopic (exact) mass is 298 g/mol. The molecule has 1 aliphatic carbocycles. The number of hydrogen-bond acceptors (Lipinski definition) is 3. The fraction of sp³-hybridized carbons (Fsp3) is 0.562. The lowest BCUT2D eigenvalue weighted by Crippen LogP contribution is -2.27. The van der Waals surface area contributed by atoms with E-state index in [1.807, 2.05) is 0 Å². The fourth-order valence-corrected chi connectivity index (χ4v) is 2.57. The number of carbonyl (C=O) groups excluding carboxylic acids is 1. The van der Waals surface area contributed by atoms with Crippen molar-refractivity contribution < 1.29 is 23.0 Å². The van der Waals surface area contributed by atoms with E-state index in [2.05, 4.69) is 0 Å². The van der Waals surface area contributed by atoms with Crippen LogP contribution < -0.4 is 0 Å². The van der Waals surface area contributed by atoms with Crippen molar-refractivity contribution in [3.05, 3.63) is 35.4 Å². The Balaban J connectivity index is 1.76. The van der Waals surface area contributed by atoms with Crippen molar-refractivity contribution in [1.29, 1.82) is 0 Å². The van der Waals surface area contributed by atoms with Crippen LogP contribution in [0.25, 0.3) is 0 Å². The summed E-state index contributed by atoms with van der Waals surface area (Å²) in [7, 11) is 0. The molecule has 0 N–H and O–H groups in total. The molecule has 0 spiro atoms. The molecule has 1 aliphatic rings. The predicted molar refractivity (Wildman–Crippen MR) is 73.5 cm³/mol. The van der Waals surface area contributed by atoms with Crippen LogP contribution in [0, 0.1) is 17.6 Å². The molecular weight excluding hydrogens is 278 g/mol. The summed E-state index contributed by atoms with van der Waals surface area (Å²) < 4.78 is 36.6. The van der Waals surface area contributed by atoms with Gasteiger partial charge in [-0.2, -0.15) is 0 Å². The SMILES string of the molecule is CCOC(=O)C1CCC(OCc2ccc(F)c(F)c2)CC1. The van der Waals surface area contributed by atoms with Crippen molar-refractivity contribution in [2.45, 2.75) is 45.3 Å². The Morgan fingerprint density at radius 1 is 1.19 bits per heavy atom. The lowest BCUT2D eigenvalue weighted by atomic mass is 9.87. The maximum atomic E-state index is 13.1. The number of benzene rings is 1. The summed E-state index contributed by atoms with van der Waals surface area (Å²) in [5.74, 6) is -1.87. The van der Waals surface area contributed by atoms with E-state index in [9.17, 15) is 13.6 Å². The highest BCUT2D eigenvalue weighted by Crippen LogP contribution is 2.27. The van der Waals surface area contributed by atoms with Crippen LogP contribution in [0.4, 0.5) is 8.78 Å². The maximum absolute atomic E-state index is 13.1. The Hall–Kier alpha value is -1.49. The standard InChI is InChI=1S/C16H20F2O3/c1-2-20-16(19)12-4-6-13(7-5-12)21-10-11-3-8-14(17)15(18)9-11/h3,8-9,12-13H,2,4-7,10H2,1H3. The van der Waals surface area contributed by atoms with Crippen LogP contribution >= 0.6 is 0 Å². The van der Waals surface area contributed by atoms with Crippen LogP contribution in [0.2, 0.25) is 0 Å². The molecule has 116 valence electrons. The molecule has 0 atom stereocenters. The Morgan fingerprint density at radius 3 is 2.52 bits per heavy atom. The molecule has 1 aromatic carbocycles. The highest BCUT2D eigenvalue weighted by molar-refractivity contribution is 5.72. The van der Waals surface area contributed by atoms with Gasteiger partial charge in [0, 0.05) is 0 Å². The molecule has 1 fully saturated rings. The van der Waals surface area contributed by atoms with Crippen LogP contribution in [0.5, 0.6) is 0 Å². The van der Waals surface area contributed by atoms with Crippen molar-refractivity contribution in [2.75, 3.05) is 6.61 Å². The fourth-order valence-electron chi connectivity index (χ4n) is 2.57. The quantitative estimate of drug-likeness (QED) is 0.779. The van der Waals surface area contributed by atoms with Gasteiger partial charge in [0.25, 0.3) is 0 Å². The molecule has 0 heterocycles. The Morgan fingerprint density at radius 2 is 1.90 bits per heavy atom. The number of hydrogen-bond donors (Lipinski definition) is 0. The first kappa shape index (κ1) is 15.9. The molecule has 3 nitrogen and oxygen atoms in total. The average molecular weight is 298 g/mol. The van der Waals surface area contributed by atoms with Crippen molar-refractivity contribution >= 4 is 5.97 Å². The second-order valence-electron chi connectivity index (χ2n) is 5.29. The summed E-state index contributed by atoms with van der Waals surface area (Å²) in [5, 5.41) is 0. The van der Waals surface area contributed by atoms with E-state index in [0.29, 0.717) is 12.2 Å². The first-order chi connectivity index (χ1) is 10.1. The lowest BCUT2D eigenvalue weighted by Gasteiger charge is -2.27. The van der Waals surface area contributed by atoms with E-state index in [-0.39, 0.29) is 24.6 Å². The molecule has 1 aromatic rings. The lowest BCUT2D eigenvalue weighted by molar-refractivity contribution is -0.150. The second-order valence-corrected chi connectivity index (χ2v) is 5.29. The first-order valence-electron chi connectivity index (χ1n) is 7.32. The van der Waals surface area contributed by atoms with Gasteiger partial charge in [0.15, 0.2) is 11.6 Å². The molecule has 0 unspecified atom stereocenters. The van der Waals surface area contributed by atoms with Gasteiger partial charge < -0.3 is 9.47 Å². The van der Waals surface area contributed by atoms with Gasteiger partial charge in [-0.05, 0) is 50.3 Å². The molecule has 2 rings (SSSR count). The molecule has 0 aromatic heterocycles. The summed E-state index contributed by atoms with van der Waals surface area (Å²) in [4.78, 5) is 11.6. The molecule has 5 heteroatoms. The van der Waals surface area contributed by atoms with E-state index in [1.165, 1.54) is 6.07 Å². The number of halogens is 2. The third-order valence-corrected chi connectivity index (χ3v) is 3.76. The van der Waals surface area contributed by atoms with Crippen LogP contribution in [0.3, 0.4) is 0 Å². The van der Waals surface area contributed by atoms with E-state index >= 15 is 0 Å². The zero-order chi connectivity index (χ0) is 15.2. The third kappa shape index (κ3) is 4.49. The van der Waals surface area contributed by atoms with Gasteiger partial charge in [0.05, 0.1) is 25.2 Å². The van der Waals surface area contributed by atoms with Crippen LogP contribution in [-0.2, 0) is 20.9 Å². The minimum absolute atomic E-state index is 0.0342. The molecule has 0 bridgehead atoms. The van der Waals surface area contributed by atoms with Crippen molar-refractivity contribution in [3.63, 3.8) is 0 Å². The maximum Gasteiger partial charge on any atom is 0.308 e. The molecule has 0 radical (unpaired) electrons. The number of rotatable bonds is 5. The van der Waals surface area contributed by atoms with Gasteiger partial charge in [0.2, 0.25) is 0 Å². The van der Waals surface area contributed by atoms with Gasteiger partial charge in [-0.15, -0.1) is 0 Å². The molecule has 0 aliphatic heterocycles. The summed E-state index contributed by atoms with van der Waals surface area (Å²) >= 11 is 0. The van der Waals surface area contributed by atoms with E-state index in [1.54, 1.807) is 6.92 Å². The molecular formula is C16H20F2O3. The topological polar surface area (TPSA) is 35.5 Å². The van der Waals surface area contributed by atoms with Crippen LogP contribution in [0.1, 0.15) is 38.2 Å². The zero-order valence-corrected chi connectivity index (χ0v) is 12.1. The number of ether oxygens (including phenoxy) is 2. The largest absolute Gasteiger partial charge is 0.466 e. The summed E-state index contributed by atoms with van der Waals surface area (Å²) in [5.41, 5.74) is 0.612. The van der Waals surface area contributed by atoms with Gasteiger partial charge in [-0.3, -0.25) is 4.79 Å². The van der Waals surface area contributed by atoms with Gasteiger partial charge in [-0.25, -0.2) is 8.78 Å². The molecule has 1 saturated carbocycles. The van der Waals surface area contributed by atoms with Gasteiger partial charge >= 0.3 is 5.97 Å². The smallest absolute Gasteiger partial charge is 0.308 e. The molecule has 21 heavy (non-hydrogen) atoms. The van der Waals surface area contributed by atoms with E-state index in [0.717, 1.165) is 37.8 Å². The molecule has 0 amide bonds. The van der Waals surface area contributed by atoms with Crippen molar-refractivity contribution in [1.82, 2.24) is 0 Å². The van der Waals surface area contributed by atoms with Crippen molar-refractivity contribution in [2.24, 2.45) is 5.92 Å². The second kappa shape index (κ2) is 7.50. The average Bonchev–Trinajstić information content (AvgIpc) is 2.49. The minimum atomic E-state index is -0.859. The third-order valence-electron chi connectivity index (χ3n) is 3.76. The summed E-state index contributed by atoms with van der Waals surface area (Å²) in [6.07, 6.45) is 3.13. The van der Waals surface area contributed by atoms with Crippen LogP contribution in [0.15, 0.2) is 18.2 Å². The van der Waals surface area contributed by atoms with Gasteiger partial charge in [0.1, 0.15) is 0 Å². The van der Waals surface area contributed by atoms with Gasteiger partial charge in [-0.1, -0.05) is 6.07 Å². The highest BCUT2D eigenvalue weighted by atomic mass is 19.2. The Kier molecular flexibility index (Phi) is 5.67. The normalized spacial score (nSPS) is 22.0. The van der Waals surface area contributed by atoms with E-state index < -0.39 is 11.6 Å². The minimum Gasteiger partial charge on any atom is -0.466 e. The van der Waals surface area contributed by atoms with Crippen molar-refractivity contribution in [3.8, 4) is 0 Å². The first-order valence-corrected chi connectivity index (χ1v) is 7.32. The number of carbonyl (C=O) groups is 1. The molecule has 0 saturated heterocycles. The Labute approximate surface area is 123 Å². The van der Waals surface area contributed by atoms with E-state index in [4.69, 9.17) is 9.47 Å². The summed E-state index contributed by atoms with van der Waals surface area (Å²) in [6, 6.07) is 3.77.